The molecule has 1 aromatic heterocycles. The van der Waals surface area contributed by atoms with Crippen LogP contribution in [0.15, 0.2) is 30.5 Å². The first-order valence-electron chi connectivity index (χ1n) is 4.54. The lowest BCUT2D eigenvalue weighted by molar-refractivity contribution is 0.629. The first-order valence-corrected chi connectivity index (χ1v) is 4.54. The van der Waals surface area contributed by atoms with E-state index >= 15 is 0 Å². The van der Waals surface area contributed by atoms with Gasteiger partial charge in [-0.15, -0.1) is 0 Å². The Balaban J connectivity index is 2.64. The van der Waals surface area contributed by atoms with Crippen LogP contribution in [-0.4, -0.2) is 11.5 Å². The van der Waals surface area contributed by atoms with E-state index in [0.717, 1.165) is 16.5 Å². The molecule has 0 fully saturated rings. The first-order chi connectivity index (χ1) is 6.81. The van der Waals surface area contributed by atoms with Crippen LogP contribution in [0.5, 0.6) is 0 Å². The van der Waals surface area contributed by atoms with Gasteiger partial charge in [-0.25, -0.2) is 4.39 Å². The molecule has 0 aliphatic heterocycles. The Bertz CT molecular complexity index is 454. The predicted octanol–water partition coefficient (Wildman–Crippen LogP) is 1.88. The number of hydrogen-bond donors (Lipinski definition) is 1. The van der Waals surface area contributed by atoms with E-state index in [1.165, 1.54) is 12.1 Å². The molecule has 1 heterocycles. The smallest absolute Gasteiger partial charge is 0.123 e. The van der Waals surface area contributed by atoms with Gasteiger partial charge in [-0.3, -0.25) is 4.98 Å². The van der Waals surface area contributed by atoms with Gasteiger partial charge in [0.2, 0.25) is 0 Å². The Morgan fingerprint density at radius 2 is 2.14 bits per heavy atom. The molecule has 0 amide bonds. The van der Waals surface area contributed by atoms with E-state index in [1.54, 1.807) is 12.3 Å². The molecule has 0 spiro atoms. The Labute approximate surface area is 81.6 Å². The quantitative estimate of drug-likeness (QED) is 0.785. The zero-order valence-electron chi connectivity index (χ0n) is 7.70. The molecule has 72 valence electrons. The molecule has 14 heavy (non-hydrogen) atoms. The van der Waals surface area contributed by atoms with E-state index < -0.39 is 0 Å². The molecule has 0 saturated carbocycles. The fourth-order valence-corrected chi connectivity index (χ4v) is 1.54. The third-order valence-electron chi connectivity index (χ3n) is 2.19. The number of fused-ring (bicyclic) bond motifs is 1. The van der Waals surface area contributed by atoms with Gasteiger partial charge < -0.3 is 5.73 Å². The molecule has 0 unspecified atom stereocenters. The molecular weight excluding hydrogens is 179 g/mol. The zero-order valence-corrected chi connectivity index (χ0v) is 7.70. The molecular formula is C11H11FN2. The summed E-state index contributed by atoms with van der Waals surface area (Å²) in [5, 5.41) is 1.86. The van der Waals surface area contributed by atoms with Crippen molar-refractivity contribution in [2.24, 2.45) is 5.73 Å². The standard InChI is InChI=1S/C11H11FN2/c12-9-2-1-8-4-6-14-11(3-5-13)10(8)7-9/h1-2,4,6-7H,3,5,13H2. The van der Waals surface area contributed by atoms with Gasteiger partial charge in [0.1, 0.15) is 5.82 Å². The summed E-state index contributed by atoms with van der Waals surface area (Å²) in [5.41, 5.74) is 6.32. The van der Waals surface area contributed by atoms with Crippen LogP contribution in [-0.2, 0) is 6.42 Å². The average Bonchev–Trinajstić information content (AvgIpc) is 2.19. The highest BCUT2D eigenvalue weighted by atomic mass is 19.1. The Morgan fingerprint density at radius 3 is 2.93 bits per heavy atom. The van der Waals surface area contributed by atoms with Crippen LogP contribution >= 0.6 is 0 Å². The summed E-state index contributed by atoms with van der Waals surface area (Å²) in [4.78, 5) is 4.19. The van der Waals surface area contributed by atoms with Crippen LogP contribution < -0.4 is 5.73 Å². The summed E-state index contributed by atoms with van der Waals surface area (Å²) in [6.45, 7) is 0.530. The van der Waals surface area contributed by atoms with Gasteiger partial charge in [0.25, 0.3) is 0 Å². The lowest BCUT2D eigenvalue weighted by atomic mass is 10.1. The Morgan fingerprint density at radius 1 is 1.29 bits per heavy atom. The molecule has 0 aliphatic rings. The topological polar surface area (TPSA) is 38.9 Å². The molecule has 2 aromatic rings. The minimum atomic E-state index is -0.233. The SMILES string of the molecule is NCCc1nccc2ccc(F)cc12. The molecule has 3 heteroatoms. The lowest BCUT2D eigenvalue weighted by Gasteiger charge is -2.03. The van der Waals surface area contributed by atoms with Gasteiger partial charge >= 0.3 is 0 Å². The van der Waals surface area contributed by atoms with Crippen molar-refractivity contribution in [2.75, 3.05) is 6.54 Å². The number of pyridine rings is 1. The summed E-state index contributed by atoms with van der Waals surface area (Å²) in [6.07, 6.45) is 2.41. The van der Waals surface area contributed by atoms with Gasteiger partial charge in [-0.2, -0.15) is 0 Å². The monoisotopic (exact) mass is 190 g/mol. The molecule has 2 rings (SSSR count). The molecule has 0 bridgehead atoms. The first kappa shape index (κ1) is 9.09. The highest BCUT2D eigenvalue weighted by Gasteiger charge is 2.02. The number of halogens is 1. The zero-order chi connectivity index (χ0) is 9.97. The fraction of sp³-hybridized carbons (Fsp3) is 0.182. The van der Waals surface area contributed by atoms with Crippen molar-refractivity contribution >= 4 is 10.8 Å². The molecule has 2 nitrogen and oxygen atoms in total. The molecule has 0 atom stereocenters. The number of rotatable bonds is 2. The van der Waals surface area contributed by atoms with Gasteiger partial charge in [0.05, 0.1) is 0 Å². The summed E-state index contributed by atoms with van der Waals surface area (Å²) >= 11 is 0. The predicted molar refractivity (Wildman–Crippen MR) is 54.5 cm³/mol. The molecule has 0 aliphatic carbocycles. The maximum atomic E-state index is 13.0. The van der Waals surface area contributed by atoms with Crippen molar-refractivity contribution in [1.29, 1.82) is 0 Å². The largest absolute Gasteiger partial charge is 0.330 e. The van der Waals surface area contributed by atoms with Crippen LogP contribution in [0, 0.1) is 5.82 Å². The maximum Gasteiger partial charge on any atom is 0.123 e. The van der Waals surface area contributed by atoms with E-state index in [1.807, 2.05) is 6.07 Å². The summed E-state index contributed by atoms with van der Waals surface area (Å²) in [6, 6.07) is 6.59. The number of hydrogen-bond acceptors (Lipinski definition) is 2. The lowest BCUT2D eigenvalue weighted by Crippen LogP contribution is -2.04. The minimum Gasteiger partial charge on any atom is -0.330 e. The second kappa shape index (κ2) is 3.72. The summed E-state index contributed by atoms with van der Waals surface area (Å²) in [5.74, 6) is -0.233. The number of nitrogens with zero attached hydrogens (tertiary/aromatic N) is 1. The fourth-order valence-electron chi connectivity index (χ4n) is 1.54. The van der Waals surface area contributed by atoms with Crippen molar-refractivity contribution in [1.82, 2.24) is 4.98 Å². The van der Waals surface area contributed by atoms with Crippen LogP contribution in [0.1, 0.15) is 5.69 Å². The van der Waals surface area contributed by atoms with Crippen molar-refractivity contribution in [3.63, 3.8) is 0 Å². The second-order valence-electron chi connectivity index (χ2n) is 3.16. The van der Waals surface area contributed by atoms with E-state index in [0.29, 0.717) is 13.0 Å². The van der Waals surface area contributed by atoms with Crippen LogP contribution in [0.2, 0.25) is 0 Å². The third-order valence-corrected chi connectivity index (χ3v) is 2.19. The van der Waals surface area contributed by atoms with Crippen molar-refractivity contribution in [3.8, 4) is 0 Å². The summed E-state index contributed by atoms with van der Waals surface area (Å²) < 4.78 is 13.0. The van der Waals surface area contributed by atoms with Crippen LogP contribution in [0.3, 0.4) is 0 Å². The maximum absolute atomic E-state index is 13.0. The molecule has 0 radical (unpaired) electrons. The third kappa shape index (κ3) is 1.59. The van der Waals surface area contributed by atoms with Gasteiger partial charge in [-0.05, 0) is 30.1 Å². The van der Waals surface area contributed by atoms with Gasteiger partial charge in [0.15, 0.2) is 0 Å². The number of nitrogens with two attached hydrogens (primary N) is 1. The minimum absolute atomic E-state index is 0.233. The van der Waals surface area contributed by atoms with Gasteiger partial charge in [-0.1, -0.05) is 6.07 Å². The van der Waals surface area contributed by atoms with Crippen LogP contribution in [0.4, 0.5) is 4.39 Å². The molecule has 1 aromatic carbocycles. The Hall–Kier alpha value is -1.48. The van der Waals surface area contributed by atoms with Crippen molar-refractivity contribution < 1.29 is 4.39 Å². The van der Waals surface area contributed by atoms with E-state index in [-0.39, 0.29) is 5.82 Å². The number of benzene rings is 1. The Kier molecular flexibility index (Phi) is 2.41. The summed E-state index contributed by atoms with van der Waals surface area (Å²) in [7, 11) is 0. The average molecular weight is 190 g/mol. The van der Waals surface area contributed by atoms with Crippen molar-refractivity contribution in [3.05, 3.63) is 42.0 Å². The normalized spacial score (nSPS) is 10.7. The van der Waals surface area contributed by atoms with Gasteiger partial charge in [0, 0.05) is 23.7 Å². The second-order valence-corrected chi connectivity index (χ2v) is 3.16. The number of aromatic nitrogens is 1. The van der Waals surface area contributed by atoms with E-state index in [2.05, 4.69) is 4.98 Å². The molecule has 2 N–H and O–H groups in total. The van der Waals surface area contributed by atoms with E-state index in [9.17, 15) is 4.39 Å². The highest BCUT2D eigenvalue weighted by Crippen LogP contribution is 2.18. The van der Waals surface area contributed by atoms with E-state index in [4.69, 9.17) is 5.73 Å². The molecule has 0 saturated heterocycles. The highest BCUT2D eigenvalue weighted by molar-refractivity contribution is 5.84. The van der Waals surface area contributed by atoms with Crippen LogP contribution in [0.25, 0.3) is 10.8 Å². The van der Waals surface area contributed by atoms with Crippen molar-refractivity contribution in [2.45, 2.75) is 6.42 Å².